The lowest BCUT2D eigenvalue weighted by molar-refractivity contribution is 0.303. The second kappa shape index (κ2) is 7.41. The molecule has 0 amide bonds. The fraction of sp³-hybridized carbons (Fsp3) is 0.200. The second-order valence-electron chi connectivity index (χ2n) is 5.61. The predicted octanol–water partition coefficient (Wildman–Crippen LogP) is 5.10. The van der Waals surface area contributed by atoms with E-state index in [1.165, 1.54) is 0 Å². The van der Waals surface area contributed by atoms with Gasteiger partial charge in [0.15, 0.2) is 11.4 Å². The van der Waals surface area contributed by atoms with Crippen LogP contribution in [0.3, 0.4) is 0 Å². The molecule has 24 heavy (non-hydrogen) atoms. The Balaban J connectivity index is 1.99. The molecular formula is C20H19NO2S. The molecule has 0 atom stereocenters. The van der Waals surface area contributed by atoms with Gasteiger partial charge in [-0.15, -0.1) is 0 Å². The van der Waals surface area contributed by atoms with Crippen molar-refractivity contribution in [2.24, 2.45) is 0 Å². The van der Waals surface area contributed by atoms with Crippen LogP contribution >= 0.6 is 12.2 Å². The molecule has 0 unspecified atom stereocenters. The molecule has 4 heteroatoms. The van der Waals surface area contributed by atoms with Gasteiger partial charge in [0.25, 0.3) is 0 Å². The molecule has 3 aromatic rings. The summed E-state index contributed by atoms with van der Waals surface area (Å²) in [6.45, 7) is 2.63. The summed E-state index contributed by atoms with van der Waals surface area (Å²) in [5.74, 6) is 0.0757. The molecule has 0 aliphatic carbocycles. The van der Waals surface area contributed by atoms with Crippen molar-refractivity contribution < 1.29 is 9.84 Å². The standard InChI is InChI=1S/C20H19NO2S/c1-2-3-11-23-20(24)18-19(22)17-12-15(9-10-16(17)13-21-18)14-7-5-4-6-8-14/h4-10,12-13,22H,2-3,11H2,1H3. The Labute approximate surface area is 146 Å². The number of thiocarbonyl (C=S) groups is 1. The largest absolute Gasteiger partial charge is 0.505 e. The minimum Gasteiger partial charge on any atom is -0.505 e. The van der Waals surface area contributed by atoms with Crippen molar-refractivity contribution in [2.45, 2.75) is 19.8 Å². The first-order valence-electron chi connectivity index (χ1n) is 8.05. The summed E-state index contributed by atoms with van der Waals surface area (Å²) in [5, 5.41) is 12.5. The molecule has 0 fully saturated rings. The number of benzene rings is 2. The zero-order valence-corrected chi connectivity index (χ0v) is 14.3. The number of unbranched alkanes of at least 4 members (excludes halogenated alkanes) is 1. The zero-order valence-electron chi connectivity index (χ0n) is 13.5. The molecule has 2 aromatic carbocycles. The minimum atomic E-state index is 0.0757. The normalized spacial score (nSPS) is 10.7. The highest BCUT2D eigenvalue weighted by molar-refractivity contribution is 7.80. The van der Waals surface area contributed by atoms with Crippen LogP contribution in [0.15, 0.2) is 54.7 Å². The second-order valence-corrected chi connectivity index (χ2v) is 5.98. The van der Waals surface area contributed by atoms with E-state index in [1.54, 1.807) is 6.20 Å². The number of fused-ring (bicyclic) bond motifs is 1. The maximum absolute atomic E-state index is 10.6. The van der Waals surface area contributed by atoms with E-state index in [9.17, 15) is 5.11 Å². The van der Waals surface area contributed by atoms with Gasteiger partial charge in [0, 0.05) is 17.0 Å². The zero-order chi connectivity index (χ0) is 16.9. The summed E-state index contributed by atoms with van der Waals surface area (Å²) >= 11 is 5.27. The third-order valence-electron chi connectivity index (χ3n) is 3.90. The molecule has 0 saturated heterocycles. The average Bonchev–Trinajstić information content (AvgIpc) is 2.63. The van der Waals surface area contributed by atoms with E-state index in [0.29, 0.717) is 12.3 Å². The van der Waals surface area contributed by atoms with Gasteiger partial charge in [-0.25, -0.2) is 4.98 Å². The van der Waals surface area contributed by atoms with Crippen molar-refractivity contribution in [1.29, 1.82) is 0 Å². The summed E-state index contributed by atoms with van der Waals surface area (Å²) < 4.78 is 5.52. The molecule has 122 valence electrons. The first-order valence-corrected chi connectivity index (χ1v) is 8.46. The van der Waals surface area contributed by atoms with Crippen molar-refractivity contribution in [3.8, 4) is 16.9 Å². The minimum absolute atomic E-state index is 0.0757. The Kier molecular flexibility index (Phi) is 5.06. The molecule has 0 bridgehead atoms. The smallest absolute Gasteiger partial charge is 0.214 e. The van der Waals surface area contributed by atoms with Crippen LogP contribution in [0.1, 0.15) is 25.5 Å². The molecule has 1 N–H and O–H groups in total. The van der Waals surface area contributed by atoms with Crippen LogP contribution in [0.2, 0.25) is 0 Å². The van der Waals surface area contributed by atoms with Crippen molar-refractivity contribution in [1.82, 2.24) is 4.98 Å². The Bertz CT molecular complexity index is 862. The van der Waals surface area contributed by atoms with Gasteiger partial charge in [-0.1, -0.05) is 55.8 Å². The first kappa shape index (κ1) is 16.4. The van der Waals surface area contributed by atoms with Crippen LogP contribution in [0.5, 0.6) is 5.75 Å². The molecule has 3 rings (SSSR count). The lowest BCUT2D eigenvalue weighted by Crippen LogP contribution is -2.07. The quantitative estimate of drug-likeness (QED) is 0.519. The maximum atomic E-state index is 10.6. The highest BCUT2D eigenvalue weighted by Crippen LogP contribution is 2.31. The molecule has 0 spiro atoms. The summed E-state index contributed by atoms with van der Waals surface area (Å²) in [7, 11) is 0. The van der Waals surface area contributed by atoms with E-state index in [0.717, 1.165) is 34.7 Å². The molecule has 0 aliphatic heterocycles. The van der Waals surface area contributed by atoms with Crippen LogP contribution in [0, 0.1) is 0 Å². The maximum Gasteiger partial charge on any atom is 0.214 e. The van der Waals surface area contributed by atoms with E-state index in [4.69, 9.17) is 17.0 Å². The molecule has 1 heterocycles. The van der Waals surface area contributed by atoms with Crippen molar-refractivity contribution in [3.63, 3.8) is 0 Å². The summed E-state index contributed by atoms with van der Waals surface area (Å²) in [5.41, 5.74) is 2.46. The Morgan fingerprint density at radius 3 is 2.67 bits per heavy atom. The fourth-order valence-corrected chi connectivity index (χ4v) is 2.77. The molecule has 0 saturated carbocycles. The van der Waals surface area contributed by atoms with Crippen LogP contribution in [0.4, 0.5) is 0 Å². The van der Waals surface area contributed by atoms with Gasteiger partial charge in [0.05, 0.1) is 6.61 Å². The van der Waals surface area contributed by atoms with E-state index in [-0.39, 0.29) is 10.8 Å². The van der Waals surface area contributed by atoms with Gasteiger partial charge in [-0.05, 0) is 35.8 Å². The summed E-state index contributed by atoms with van der Waals surface area (Å²) in [6, 6.07) is 16.0. The lowest BCUT2D eigenvalue weighted by atomic mass is 10.0. The number of aromatic hydroxyl groups is 1. The van der Waals surface area contributed by atoms with Crippen LogP contribution in [-0.4, -0.2) is 21.7 Å². The Morgan fingerprint density at radius 1 is 1.12 bits per heavy atom. The monoisotopic (exact) mass is 337 g/mol. The van der Waals surface area contributed by atoms with E-state index < -0.39 is 0 Å². The third-order valence-corrected chi connectivity index (χ3v) is 4.21. The van der Waals surface area contributed by atoms with Crippen molar-refractivity contribution in [2.75, 3.05) is 6.61 Å². The molecule has 0 aliphatic rings. The predicted molar refractivity (Wildman–Crippen MR) is 101 cm³/mol. The average molecular weight is 337 g/mol. The van der Waals surface area contributed by atoms with Gasteiger partial charge in [0.2, 0.25) is 5.05 Å². The van der Waals surface area contributed by atoms with Gasteiger partial charge >= 0.3 is 0 Å². The first-order chi connectivity index (χ1) is 11.7. The number of hydrogen-bond acceptors (Lipinski definition) is 4. The number of pyridine rings is 1. The van der Waals surface area contributed by atoms with Crippen LogP contribution in [-0.2, 0) is 4.74 Å². The van der Waals surface area contributed by atoms with Crippen molar-refractivity contribution >= 4 is 28.0 Å². The topological polar surface area (TPSA) is 42.4 Å². The molecule has 3 nitrogen and oxygen atoms in total. The molecule has 0 radical (unpaired) electrons. The van der Waals surface area contributed by atoms with E-state index in [1.807, 2.05) is 48.5 Å². The number of nitrogens with zero attached hydrogens (tertiary/aromatic N) is 1. The molecular weight excluding hydrogens is 318 g/mol. The third kappa shape index (κ3) is 3.39. The Hall–Kier alpha value is -2.46. The fourth-order valence-electron chi connectivity index (χ4n) is 2.53. The number of aromatic nitrogens is 1. The van der Waals surface area contributed by atoms with Crippen molar-refractivity contribution in [3.05, 3.63) is 60.4 Å². The van der Waals surface area contributed by atoms with E-state index >= 15 is 0 Å². The van der Waals surface area contributed by atoms with E-state index in [2.05, 4.69) is 11.9 Å². The van der Waals surface area contributed by atoms with Gasteiger partial charge in [-0.2, -0.15) is 0 Å². The summed E-state index contributed by atoms with van der Waals surface area (Å²) in [6.07, 6.45) is 3.67. The lowest BCUT2D eigenvalue weighted by Gasteiger charge is -2.11. The highest BCUT2D eigenvalue weighted by Gasteiger charge is 2.14. The SMILES string of the molecule is CCCCOC(=S)c1ncc2ccc(-c3ccccc3)cc2c1O. The summed E-state index contributed by atoms with van der Waals surface area (Å²) in [4.78, 5) is 4.27. The van der Waals surface area contributed by atoms with Crippen LogP contribution < -0.4 is 0 Å². The van der Waals surface area contributed by atoms with Crippen LogP contribution in [0.25, 0.3) is 21.9 Å². The van der Waals surface area contributed by atoms with Gasteiger partial charge in [-0.3, -0.25) is 0 Å². The Morgan fingerprint density at radius 2 is 1.92 bits per heavy atom. The highest BCUT2D eigenvalue weighted by atomic mass is 32.1. The van der Waals surface area contributed by atoms with Gasteiger partial charge < -0.3 is 9.84 Å². The number of hydrogen-bond donors (Lipinski definition) is 1. The molecule has 1 aromatic heterocycles. The number of ether oxygens (including phenoxy) is 1. The number of rotatable bonds is 5. The van der Waals surface area contributed by atoms with Gasteiger partial charge in [0.1, 0.15) is 0 Å².